The van der Waals surface area contributed by atoms with Crippen LogP contribution in [0.15, 0.2) is 38.8 Å². The zero-order valence-corrected chi connectivity index (χ0v) is 9.56. The number of methoxy groups -OCH3 is 1. The first-order valence-corrected chi connectivity index (χ1v) is 5.05. The van der Waals surface area contributed by atoms with Crippen molar-refractivity contribution in [2.24, 2.45) is 5.10 Å². The molecule has 2 aromatic rings. The Morgan fingerprint density at radius 3 is 3.00 bits per heavy atom. The molecule has 2 rings (SSSR count). The maximum absolute atomic E-state index is 12.0. The topological polar surface area (TPSA) is 63.8 Å². The van der Waals surface area contributed by atoms with Gasteiger partial charge in [0.2, 0.25) is 5.43 Å². The van der Waals surface area contributed by atoms with Crippen LogP contribution in [0, 0.1) is 0 Å². The molecule has 1 N–H and O–H groups in total. The Kier molecular flexibility index (Phi) is 3.09. The lowest BCUT2D eigenvalue weighted by atomic mass is 10.2. The van der Waals surface area contributed by atoms with Gasteiger partial charge in [0, 0.05) is 13.1 Å². The zero-order chi connectivity index (χ0) is 12.3. The highest BCUT2D eigenvalue weighted by molar-refractivity contribution is 5.86. The van der Waals surface area contributed by atoms with Crippen LogP contribution < -0.4 is 15.6 Å². The van der Waals surface area contributed by atoms with E-state index in [9.17, 15) is 4.79 Å². The molecule has 17 heavy (non-hydrogen) atoms. The average Bonchev–Trinajstić information content (AvgIpc) is 2.37. The molecule has 0 saturated carbocycles. The molecule has 0 unspecified atom stereocenters. The van der Waals surface area contributed by atoms with Gasteiger partial charge in [-0.1, -0.05) is 0 Å². The van der Waals surface area contributed by atoms with Crippen LogP contribution in [-0.2, 0) is 0 Å². The molecule has 0 bridgehead atoms. The van der Waals surface area contributed by atoms with Crippen LogP contribution in [0.3, 0.4) is 0 Å². The number of nitrogens with one attached hydrogen (secondary N) is 1. The van der Waals surface area contributed by atoms with Gasteiger partial charge >= 0.3 is 0 Å². The van der Waals surface area contributed by atoms with E-state index < -0.39 is 0 Å². The van der Waals surface area contributed by atoms with Gasteiger partial charge in [-0.2, -0.15) is 5.10 Å². The predicted molar refractivity (Wildman–Crippen MR) is 65.7 cm³/mol. The van der Waals surface area contributed by atoms with E-state index >= 15 is 0 Å². The fourth-order valence-corrected chi connectivity index (χ4v) is 1.47. The summed E-state index contributed by atoms with van der Waals surface area (Å²) in [5.74, 6) is 0.650. The summed E-state index contributed by atoms with van der Waals surface area (Å²) in [6.07, 6.45) is 2.81. The Hall–Kier alpha value is -2.30. The van der Waals surface area contributed by atoms with Crippen LogP contribution in [0.1, 0.15) is 5.56 Å². The predicted octanol–water partition coefficient (Wildman–Crippen LogP) is 1.35. The molecule has 1 aromatic carbocycles. The summed E-state index contributed by atoms with van der Waals surface area (Å²) in [7, 11) is 3.22. The summed E-state index contributed by atoms with van der Waals surface area (Å²) < 4.78 is 10.4. The maximum Gasteiger partial charge on any atom is 0.201 e. The van der Waals surface area contributed by atoms with Gasteiger partial charge in [0.05, 0.1) is 24.3 Å². The van der Waals surface area contributed by atoms with E-state index in [4.69, 9.17) is 9.15 Å². The van der Waals surface area contributed by atoms with E-state index in [0.29, 0.717) is 22.3 Å². The van der Waals surface area contributed by atoms with E-state index in [2.05, 4.69) is 10.5 Å². The minimum atomic E-state index is -0.118. The first-order valence-electron chi connectivity index (χ1n) is 5.05. The van der Waals surface area contributed by atoms with Crippen molar-refractivity contribution in [2.45, 2.75) is 0 Å². The van der Waals surface area contributed by atoms with Crippen molar-refractivity contribution in [3.05, 3.63) is 40.2 Å². The number of hydrogen-bond donors (Lipinski definition) is 1. The highest BCUT2D eigenvalue weighted by atomic mass is 16.5. The van der Waals surface area contributed by atoms with Crippen LogP contribution in [0.2, 0.25) is 0 Å². The van der Waals surface area contributed by atoms with Gasteiger partial charge in [0.25, 0.3) is 0 Å². The number of fused-ring (bicyclic) bond motifs is 1. The molecule has 5 heteroatoms. The second-order valence-corrected chi connectivity index (χ2v) is 3.36. The standard InChI is InChI=1S/C12H12N2O3/c1-13-14-6-8-7-17-11-5-9(16-2)3-4-10(11)12(8)15/h3-7,13H,1-2H3/b14-6+. The summed E-state index contributed by atoms with van der Waals surface area (Å²) in [6.45, 7) is 0. The maximum atomic E-state index is 12.0. The molecular weight excluding hydrogens is 220 g/mol. The van der Waals surface area contributed by atoms with Crippen molar-refractivity contribution in [3.63, 3.8) is 0 Å². The Bertz CT molecular complexity index is 617. The highest BCUT2D eigenvalue weighted by Gasteiger charge is 2.06. The average molecular weight is 232 g/mol. The van der Waals surface area contributed by atoms with Crippen LogP contribution in [-0.4, -0.2) is 20.4 Å². The van der Waals surface area contributed by atoms with Crippen LogP contribution >= 0.6 is 0 Å². The van der Waals surface area contributed by atoms with E-state index in [1.165, 1.54) is 12.5 Å². The third-order valence-electron chi connectivity index (χ3n) is 2.34. The summed E-state index contributed by atoms with van der Waals surface area (Å²) in [4.78, 5) is 12.0. The van der Waals surface area contributed by atoms with E-state index in [0.717, 1.165) is 0 Å². The van der Waals surface area contributed by atoms with Crippen molar-refractivity contribution in [2.75, 3.05) is 14.2 Å². The number of hydrogen-bond acceptors (Lipinski definition) is 5. The summed E-state index contributed by atoms with van der Waals surface area (Å²) in [5, 5.41) is 4.29. The van der Waals surface area contributed by atoms with Crippen molar-refractivity contribution in [3.8, 4) is 5.75 Å². The fraction of sp³-hybridized carbons (Fsp3) is 0.167. The van der Waals surface area contributed by atoms with E-state index in [1.807, 2.05) is 0 Å². The van der Waals surface area contributed by atoms with E-state index in [1.54, 1.807) is 32.4 Å². The van der Waals surface area contributed by atoms with Crippen molar-refractivity contribution in [1.29, 1.82) is 0 Å². The number of hydrazone groups is 1. The van der Waals surface area contributed by atoms with Gasteiger partial charge in [0.1, 0.15) is 17.6 Å². The van der Waals surface area contributed by atoms with Gasteiger partial charge in [-0.25, -0.2) is 0 Å². The normalized spacial score (nSPS) is 10.9. The molecule has 0 aliphatic heterocycles. The smallest absolute Gasteiger partial charge is 0.201 e. The second kappa shape index (κ2) is 4.69. The lowest BCUT2D eigenvalue weighted by molar-refractivity contribution is 0.414. The molecule has 88 valence electrons. The molecule has 0 saturated heterocycles. The van der Waals surface area contributed by atoms with Crippen molar-refractivity contribution < 1.29 is 9.15 Å². The summed E-state index contributed by atoms with van der Waals surface area (Å²) in [6, 6.07) is 5.07. The first-order chi connectivity index (χ1) is 8.26. The van der Waals surface area contributed by atoms with Gasteiger partial charge in [-0.3, -0.25) is 4.79 Å². The highest BCUT2D eigenvalue weighted by Crippen LogP contribution is 2.18. The molecule has 0 amide bonds. The minimum absolute atomic E-state index is 0.118. The monoisotopic (exact) mass is 232 g/mol. The Morgan fingerprint density at radius 1 is 1.47 bits per heavy atom. The summed E-state index contributed by atoms with van der Waals surface area (Å²) >= 11 is 0. The molecule has 1 aromatic heterocycles. The Morgan fingerprint density at radius 2 is 2.29 bits per heavy atom. The molecule has 0 spiro atoms. The van der Waals surface area contributed by atoms with Crippen molar-refractivity contribution in [1.82, 2.24) is 5.43 Å². The first kappa shape index (κ1) is 11.2. The number of benzene rings is 1. The minimum Gasteiger partial charge on any atom is -0.497 e. The summed E-state index contributed by atoms with van der Waals surface area (Å²) in [5.41, 5.74) is 3.36. The SMILES string of the molecule is CN/N=C/c1coc2cc(OC)ccc2c1=O. The molecule has 0 fully saturated rings. The number of rotatable bonds is 3. The van der Waals surface area contributed by atoms with Gasteiger partial charge < -0.3 is 14.6 Å². The zero-order valence-electron chi connectivity index (χ0n) is 9.56. The van der Waals surface area contributed by atoms with Gasteiger partial charge in [-0.05, 0) is 12.1 Å². The molecule has 1 heterocycles. The quantitative estimate of drug-likeness (QED) is 0.641. The third-order valence-corrected chi connectivity index (χ3v) is 2.34. The lowest BCUT2D eigenvalue weighted by Gasteiger charge is -2.01. The van der Waals surface area contributed by atoms with Crippen LogP contribution in [0.5, 0.6) is 5.75 Å². The molecular formula is C12H12N2O3. The second-order valence-electron chi connectivity index (χ2n) is 3.36. The van der Waals surface area contributed by atoms with Gasteiger partial charge in [0.15, 0.2) is 0 Å². The van der Waals surface area contributed by atoms with Crippen molar-refractivity contribution >= 4 is 17.2 Å². The molecule has 0 aliphatic rings. The Balaban J connectivity index is 2.60. The Labute approximate surface area is 97.7 Å². The molecule has 0 atom stereocenters. The lowest BCUT2D eigenvalue weighted by Crippen LogP contribution is -2.09. The largest absolute Gasteiger partial charge is 0.497 e. The number of ether oxygens (including phenoxy) is 1. The van der Waals surface area contributed by atoms with Crippen LogP contribution in [0.25, 0.3) is 11.0 Å². The molecule has 5 nitrogen and oxygen atoms in total. The van der Waals surface area contributed by atoms with Crippen LogP contribution in [0.4, 0.5) is 0 Å². The number of nitrogens with zero attached hydrogens (tertiary/aromatic N) is 1. The molecule has 0 radical (unpaired) electrons. The van der Waals surface area contributed by atoms with Gasteiger partial charge in [-0.15, -0.1) is 0 Å². The molecule has 0 aliphatic carbocycles. The third kappa shape index (κ3) is 2.13. The van der Waals surface area contributed by atoms with E-state index in [-0.39, 0.29) is 5.43 Å². The fourth-order valence-electron chi connectivity index (χ4n) is 1.47.